The highest BCUT2D eigenvalue weighted by molar-refractivity contribution is 8.00. The Morgan fingerprint density at radius 3 is 2.62 bits per heavy atom. The first-order valence-corrected chi connectivity index (χ1v) is 8.21. The van der Waals surface area contributed by atoms with Crippen molar-refractivity contribution in [3.8, 4) is 5.75 Å². The van der Waals surface area contributed by atoms with Crippen molar-refractivity contribution in [1.29, 1.82) is 0 Å². The molecule has 1 atom stereocenters. The number of anilines is 1. The van der Waals surface area contributed by atoms with Crippen LogP contribution in [-0.4, -0.2) is 43.3 Å². The molecule has 0 aromatic heterocycles. The Labute approximate surface area is 141 Å². The number of benzene rings is 1. The number of methoxy groups -OCH3 is 1. The van der Waals surface area contributed by atoms with Crippen molar-refractivity contribution in [3.63, 3.8) is 0 Å². The van der Waals surface area contributed by atoms with E-state index in [-0.39, 0.29) is 42.9 Å². The number of nitrogens with one attached hydrogen (secondary N) is 1. The second-order valence-corrected chi connectivity index (χ2v) is 6.35. The number of ether oxygens (including phenoxy) is 1. The Balaban J connectivity index is 1.85. The zero-order valence-corrected chi connectivity index (χ0v) is 13.7. The van der Waals surface area contributed by atoms with Gasteiger partial charge in [0.25, 0.3) is 0 Å². The molecule has 0 aliphatic carbocycles. The van der Waals surface area contributed by atoms with E-state index in [2.05, 4.69) is 5.32 Å². The zero-order valence-electron chi connectivity index (χ0n) is 12.9. The van der Waals surface area contributed by atoms with Crippen molar-refractivity contribution in [3.05, 3.63) is 24.3 Å². The molecule has 0 saturated carbocycles. The van der Waals surface area contributed by atoms with Crippen molar-refractivity contribution in [1.82, 2.24) is 5.32 Å². The van der Waals surface area contributed by atoms with E-state index in [1.807, 2.05) is 0 Å². The van der Waals surface area contributed by atoms with E-state index in [0.29, 0.717) is 11.4 Å². The fourth-order valence-corrected chi connectivity index (χ4v) is 2.82. The third-order valence-electron chi connectivity index (χ3n) is 3.55. The van der Waals surface area contributed by atoms with Crippen molar-refractivity contribution in [2.45, 2.75) is 11.9 Å². The van der Waals surface area contributed by atoms with E-state index < -0.39 is 17.3 Å². The van der Waals surface area contributed by atoms with Gasteiger partial charge in [-0.2, -0.15) is 13.2 Å². The summed E-state index contributed by atoms with van der Waals surface area (Å²) in [6.07, 6.45) is 0.0459. The first-order valence-electron chi connectivity index (χ1n) is 7.23. The van der Waals surface area contributed by atoms with Gasteiger partial charge in [0.1, 0.15) is 5.75 Å². The Hall–Kier alpha value is -1.90. The van der Waals surface area contributed by atoms with Gasteiger partial charge in [0.2, 0.25) is 11.8 Å². The minimum atomic E-state index is -4.31. The van der Waals surface area contributed by atoms with Crippen LogP contribution in [0.4, 0.5) is 18.9 Å². The van der Waals surface area contributed by atoms with E-state index in [1.165, 1.54) is 12.0 Å². The number of thioether (sulfide) groups is 1. The van der Waals surface area contributed by atoms with Gasteiger partial charge < -0.3 is 15.0 Å². The third-order valence-corrected chi connectivity index (χ3v) is 4.28. The van der Waals surface area contributed by atoms with Crippen molar-refractivity contribution < 1.29 is 27.5 Å². The number of hydrogen-bond acceptors (Lipinski definition) is 4. The molecule has 0 radical (unpaired) electrons. The van der Waals surface area contributed by atoms with Gasteiger partial charge in [0, 0.05) is 31.0 Å². The molecule has 9 heteroatoms. The summed E-state index contributed by atoms with van der Waals surface area (Å²) < 4.78 is 41.1. The molecule has 1 fully saturated rings. The second kappa shape index (κ2) is 7.78. The van der Waals surface area contributed by atoms with Crippen molar-refractivity contribution >= 4 is 29.3 Å². The maximum absolute atomic E-state index is 12.1. The summed E-state index contributed by atoms with van der Waals surface area (Å²) in [4.78, 5) is 25.6. The Bertz CT molecular complexity index is 593. The van der Waals surface area contributed by atoms with Gasteiger partial charge in [-0.15, -0.1) is 0 Å². The van der Waals surface area contributed by atoms with Crippen molar-refractivity contribution in [2.75, 3.05) is 30.9 Å². The monoisotopic (exact) mass is 362 g/mol. The summed E-state index contributed by atoms with van der Waals surface area (Å²) in [5.41, 5.74) is -3.65. The average molecular weight is 362 g/mol. The standard InChI is InChI=1S/C15H17F3N2O3S/c1-23-12-4-2-11(3-5-12)20-9-10(8-13(20)21)14(22)19-6-7-24-15(16,17)18/h2-5,10H,6-9H2,1H3,(H,19,22). The molecule has 5 nitrogen and oxygen atoms in total. The predicted octanol–water partition coefficient (Wildman–Crippen LogP) is 2.42. The number of amides is 2. The van der Waals surface area contributed by atoms with Crippen LogP contribution >= 0.6 is 11.8 Å². The number of carbonyl (C=O) groups excluding carboxylic acids is 2. The molecule has 2 amide bonds. The maximum Gasteiger partial charge on any atom is 0.441 e. The summed E-state index contributed by atoms with van der Waals surface area (Å²) in [6, 6.07) is 6.86. The van der Waals surface area contributed by atoms with Crippen LogP contribution in [0.3, 0.4) is 0 Å². The Morgan fingerprint density at radius 2 is 2.04 bits per heavy atom. The smallest absolute Gasteiger partial charge is 0.441 e. The molecule has 1 saturated heterocycles. The number of halogens is 3. The lowest BCUT2D eigenvalue weighted by atomic mass is 10.1. The summed E-state index contributed by atoms with van der Waals surface area (Å²) >= 11 is -0.184. The molecule has 1 heterocycles. The predicted molar refractivity (Wildman–Crippen MR) is 85.0 cm³/mol. The highest BCUT2D eigenvalue weighted by Crippen LogP contribution is 2.30. The lowest BCUT2D eigenvalue weighted by molar-refractivity contribution is -0.126. The molecule has 1 aromatic carbocycles. The topological polar surface area (TPSA) is 58.6 Å². The van der Waals surface area contributed by atoms with Crippen LogP contribution in [0, 0.1) is 5.92 Å². The Morgan fingerprint density at radius 1 is 1.38 bits per heavy atom. The maximum atomic E-state index is 12.1. The van der Waals surface area contributed by atoms with E-state index in [1.54, 1.807) is 24.3 Å². The number of alkyl halides is 3. The quantitative estimate of drug-likeness (QED) is 0.790. The van der Waals surface area contributed by atoms with Crippen LogP contribution in [-0.2, 0) is 9.59 Å². The molecule has 1 aromatic rings. The van der Waals surface area contributed by atoms with E-state index in [0.717, 1.165) is 0 Å². The number of carbonyl (C=O) groups is 2. The van der Waals surface area contributed by atoms with Crippen molar-refractivity contribution in [2.24, 2.45) is 5.92 Å². The van der Waals surface area contributed by atoms with E-state index in [9.17, 15) is 22.8 Å². The van der Waals surface area contributed by atoms with Crippen LogP contribution in [0.1, 0.15) is 6.42 Å². The summed E-state index contributed by atoms with van der Waals surface area (Å²) in [5.74, 6) is -0.748. The van der Waals surface area contributed by atoms with Gasteiger partial charge >= 0.3 is 5.51 Å². The SMILES string of the molecule is COc1ccc(N2CC(C(=O)NCCSC(F)(F)F)CC2=O)cc1. The molecule has 1 unspecified atom stereocenters. The zero-order chi connectivity index (χ0) is 17.7. The molecule has 2 rings (SSSR count). The molecule has 0 spiro atoms. The van der Waals surface area contributed by atoms with Crippen LogP contribution in [0.5, 0.6) is 5.75 Å². The van der Waals surface area contributed by atoms with E-state index >= 15 is 0 Å². The number of rotatable bonds is 6. The van der Waals surface area contributed by atoms with E-state index in [4.69, 9.17) is 4.74 Å². The molecule has 24 heavy (non-hydrogen) atoms. The Kier molecular flexibility index (Phi) is 5.98. The lowest BCUT2D eigenvalue weighted by Crippen LogP contribution is -2.34. The fourth-order valence-electron chi connectivity index (χ4n) is 2.38. The summed E-state index contributed by atoms with van der Waals surface area (Å²) in [5, 5.41) is 2.45. The molecule has 132 valence electrons. The normalized spacial score (nSPS) is 17.9. The fraction of sp³-hybridized carbons (Fsp3) is 0.467. The third kappa shape index (κ3) is 5.05. The van der Waals surface area contributed by atoms with Crippen LogP contribution < -0.4 is 15.0 Å². The molecule has 1 aliphatic rings. The van der Waals surface area contributed by atoms with Gasteiger partial charge in [0.15, 0.2) is 0 Å². The molecule has 1 N–H and O–H groups in total. The van der Waals surface area contributed by atoms with Gasteiger partial charge in [0.05, 0.1) is 13.0 Å². The lowest BCUT2D eigenvalue weighted by Gasteiger charge is -2.17. The molecular weight excluding hydrogens is 345 g/mol. The number of hydrogen-bond donors (Lipinski definition) is 1. The minimum Gasteiger partial charge on any atom is -0.497 e. The molecule has 1 aliphatic heterocycles. The van der Waals surface area contributed by atoms with Gasteiger partial charge in [-0.05, 0) is 36.0 Å². The molecule has 0 bridgehead atoms. The average Bonchev–Trinajstić information content (AvgIpc) is 2.92. The van der Waals surface area contributed by atoms with Gasteiger partial charge in [-0.1, -0.05) is 0 Å². The largest absolute Gasteiger partial charge is 0.497 e. The highest BCUT2D eigenvalue weighted by Gasteiger charge is 2.35. The van der Waals surface area contributed by atoms with Gasteiger partial charge in [-0.3, -0.25) is 9.59 Å². The first-order chi connectivity index (χ1) is 11.3. The van der Waals surface area contributed by atoms with Crippen LogP contribution in [0.2, 0.25) is 0 Å². The minimum absolute atomic E-state index is 0.0459. The summed E-state index contributed by atoms with van der Waals surface area (Å²) in [7, 11) is 1.54. The first kappa shape index (κ1) is 18.4. The summed E-state index contributed by atoms with van der Waals surface area (Å²) in [6.45, 7) is 0.125. The van der Waals surface area contributed by atoms with Crippen LogP contribution in [0.15, 0.2) is 24.3 Å². The van der Waals surface area contributed by atoms with Gasteiger partial charge in [-0.25, -0.2) is 0 Å². The highest BCUT2D eigenvalue weighted by atomic mass is 32.2. The van der Waals surface area contributed by atoms with Crippen LogP contribution in [0.25, 0.3) is 0 Å². The molecular formula is C15H17F3N2O3S. The second-order valence-electron chi connectivity index (χ2n) is 5.19. The number of nitrogens with zero attached hydrogens (tertiary/aromatic N) is 1.